The van der Waals surface area contributed by atoms with Crippen molar-refractivity contribution in [3.63, 3.8) is 0 Å². The zero-order valence-corrected chi connectivity index (χ0v) is 20.8. The van der Waals surface area contributed by atoms with Gasteiger partial charge in [0.05, 0.1) is 18.6 Å². The Morgan fingerprint density at radius 1 is 0.763 bits per heavy atom. The van der Waals surface area contributed by atoms with Crippen LogP contribution in [0, 0.1) is 0 Å². The average molecular weight is 513 g/mol. The standard InChI is InChI=1S/C31H28O7/c1-2-35-30(33)21-37-28-13-7-24(8-14-28)22-3-5-23(6-4-22)25-9-17-29(18-10-25)38-31(34)26-11-15-27(16-12-26)36-20-19-32/h2-11,13-15,17-18,32H,1,12,16,19-21H2. The van der Waals surface area contributed by atoms with Crippen LogP contribution in [0.1, 0.15) is 12.8 Å². The van der Waals surface area contributed by atoms with Crippen LogP contribution in [0.5, 0.6) is 11.5 Å². The third kappa shape index (κ3) is 7.21. The lowest BCUT2D eigenvalue weighted by atomic mass is 10.0. The number of carbonyl (C=O) groups is 2. The maximum Gasteiger partial charge on any atom is 0.348 e. The lowest BCUT2D eigenvalue weighted by Crippen LogP contribution is -2.13. The van der Waals surface area contributed by atoms with E-state index in [-0.39, 0.29) is 25.8 Å². The molecule has 0 unspecified atom stereocenters. The summed E-state index contributed by atoms with van der Waals surface area (Å²) in [5.74, 6) is 0.903. The van der Waals surface area contributed by atoms with Crippen molar-refractivity contribution in [1.82, 2.24) is 0 Å². The highest BCUT2D eigenvalue weighted by molar-refractivity contribution is 5.91. The van der Waals surface area contributed by atoms with Gasteiger partial charge in [-0.2, -0.15) is 0 Å². The van der Waals surface area contributed by atoms with E-state index in [1.807, 2.05) is 48.5 Å². The summed E-state index contributed by atoms with van der Waals surface area (Å²) in [6.45, 7) is 3.35. The number of aliphatic hydroxyl groups excluding tert-OH is 1. The van der Waals surface area contributed by atoms with Crippen LogP contribution in [0.25, 0.3) is 22.3 Å². The molecule has 3 aromatic carbocycles. The number of esters is 2. The largest absolute Gasteiger partial charge is 0.496 e. The molecule has 0 bridgehead atoms. The zero-order valence-electron chi connectivity index (χ0n) is 20.8. The van der Waals surface area contributed by atoms with Gasteiger partial charge in [0.2, 0.25) is 0 Å². The summed E-state index contributed by atoms with van der Waals surface area (Å²) in [4.78, 5) is 23.9. The third-order valence-corrected chi connectivity index (χ3v) is 5.79. The Morgan fingerprint density at radius 3 is 1.82 bits per heavy atom. The van der Waals surface area contributed by atoms with Gasteiger partial charge in [0.15, 0.2) is 6.61 Å². The molecule has 1 aliphatic carbocycles. The van der Waals surface area contributed by atoms with Crippen molar-refractivity contribution < 1.29 is 33.6 Å². The van der Waals surface area contributed by atoms with E-state index in [4.69, 9.17) is 19.3 Å². The third-order valence-electron chi connectivity index (χ3n) is 5.79. The van der Waals surface area contributed by atoms with Crippen LogP contribution >= 0.6 is 0 Å². The smallest absolute Gasteiger partial charge is 0.348 e. The van der Waals surface area contributed by atoms with Gasteiger partial charge in [0.25, 0.3) is 0 Å². The highest BCUT2D eigenvalue weighted by Crippen LogP contribution is 2.28. The number of ether oxygens (including phenoxy) is 4. The fourth-order valence-corrected chi connectivity index (χ4v) is 3.84. The van der Waals surface area contributed by atoms with Crippen LogP contribution in [0.2, 0.25) is 0 Å². The minimum Gasteiger partial charge on any atom is -0.496 e. The molecule has 0 saturated heterocycles. The van der Waals surface area contributed by atoms with E-state index in [2.05, 4.69) is 11.3 Å². The van der Waals surface area contributed by atoms with Crippen molar-refractivity contribution in [2.24, 2.45) is 0 Å². The Hall–Kier alpha value is -4.62. The predicted molar refractivity (Wildman–Crippen MR) is 143 cm³/mol. The molecule has 3 aromatic rings. The molecule has 0 aliphatic heterocycles. The van der Waals surface area contributed by atoms with Crippen molar-refractivity contribution in [1.29, 1.82) is 0 Å². The van der Waals surface area contributed by atoms with Crippen LogP contribution in [-0.2, 0) is 19.1 Å². The molecule has 7 nitrogen and oxygen atoms in total. The molecule has 0 fully saturated rings. The van der Waals surface area contributed by atoms with E-state index in [1.54, 1.807) is 36.4 Å². The normalized spacial score (nSPS) is 12.6. The van der Waals surface area contributed by atoms with Crippen molar-refractivity contribution in [3.8, 4) is 33.8 Å². The van der Waals surface area contributed by atoms with E-state index in [1.165, 1.54) is 0 Å². The van der Waals surface area contributed by atoms with E-state index in [9.17, 15) is 9.59 Å². The molecule has 1 aliphatic rings. The van der Waals surface area contributed by atoms with Crippen molar-refractivity contribution >= 4 is 11.9 Å². The SMILES string of the molecule is C=COC(=O)COc1ccc(-c2ccc(-c3ccc(OC(=O)C4=CC=C(OCCO)CC4)cc3)cc2)cc1. The monoisotopic (exact) mass is 512 g/mol. The molecule has 0 aromatic heterocycles. The van der Waals surface area contributed by atoms with Crippen LogP contribution in [0.15, 0.2) is 109 Å². The fourth-order valence-electron chi connectivity index (χ4n) is 3.84. The number of allylic oxidation sites excluding steroid dienone is 3. The maximum absolute atomic E-state index is 12.5. The van der Waals surface area contributed by atoms with Gasteiger partial charge in [-0.05, 0) is 65.1 Å². The van der Waals surface area contributed by atoms with Crippen LogP contribution in [-0.4, -0.2) is 36.9 Å². The first-order valence-electron chi connectivity index (χ1n) is 12.2. The van der Waals surface area contributed by atoms with E-state index < -0.39 is 5.97 Å². The summed E-state index contributed by atoms with van der Waals surface area (Å²) in [5, 5.41) is 8.84. The van der Waals surface area contributed by atoms with Crippen LogP contribution < -0.4 is 9.47 Å². The molecule has 4 rings (SSSR count). The van der Waals surface area contributed by atoms with Gasteiger partial charge in [-0.1, -0.05) is 55.1 Å². The lowest BCUT2D eigenvalue weighted by molar-refractivity contribution is -0.140. The van der Waals surface area contributed by atoms with Gasteiger partial charge >= 0.3 is 11.9 Å². The van der Waals surface area contributed by atoms with Gasteiger partial charge in [0.1, 0.15) is 18.1 Å². The van der Waals surface area contributed by atoms with Crippen molar-refractivity contribution in [3.05, 3.63) is 109 Å². The number of aliphatic hydroxyl groups is 1. The Kier molecular flexibility index (Phi) is 9.10. The van der Waals surface area contributed by atoms with Gasteiger partial charge in [-0.25, -0.2) is 9.59 Å². The molecular weight excluding hydrogens is 484 g/mol. The highest BCUT2D eigenvalue weighted by atomic mass is 16.6. The van der Waals surface area contributed by atoms with Crippen LogP contribution in [0.4, 0.5) is 0 Å². The Morgan fingerprint density at radius 2 is 1.32 bits per heavy atom. The Bertz CT molecular complexity index is 1320. The maximum atomic E-state index is 12.5. The molecule has 0 heterocycles. The molecule has 0 spiro atoms. The minimum atomic E-state index is -0.509. The molecule has 0 atom stereocenters. The minimum absolute atomic E-state index is 0.0431. The molecular formula is C31H28O7. The summed E-state index contributed by atoms with van der Waals surface area (Å²) in [7, 11) is 0. The molecule has 7 heteroatoms. The topological polar surface area (TPSA) is 91.3 Å². The number of hydrogen-bond acceptors (Lipinski definition) is 7. The number of carbonyl (C=O) groups excluding carboxylic acids is 2. The Balaban J connectivity index is 1.33. The van der Waals surface area contributed by atoms with Gasteiger partial charge in [-0.3, -0.25) is 0 Å². The first-order valence-corrected chi connectivity index (χ1v) is 12.2. The molecule has 0 amide bonds. The molecule has 0 saturated carbocycles. The summed E-state index contributed by atoms with van der Waals surface area (Å²) < 4.78 is 21.0. The van der Waals surface area contributed by atoms with Crippen molar-refractivity contribution in [2.75, 3.05) is 19.8 Å². The van der Waals surface area contributed by atoms with Crippen LogP contribution in [0.3, 0.4) is 0 Å². The summed E-state index contributed by atoms with van der Waals surface area (Å²) in [5.41, 5.74) is 4.66. The molecule has 38 heavy (non-hydrogen) atoms. The Labute approximate surface area is 221 Å². The summed E-state index contributed by atoms with van der Waals surface area (Å²) in [6, 6.07) is 22.9. The second kappa shape index (κ2) is 13.1. The number of hydrogen-bond donors (Lipinski definition) is 1. The summed E-state index contributed by atoms with van der Waals surface area (Å²) in [6.07, 6.45) is 5.65. The van der Waals surface area contributed by atoms with E-state index in [0.717, 1.165) is 34.3 Å². The zero-order chi connectivity index (χ0) is 26.7. The first-order chi connectivity index (χ1) is 18.6. The van der Waals surface area contributed by atoms with E-state index in [0.29, 0.717) is 29.9 Å². The highest BCUT2D eigenvalue weighted by Gasteiger charge is 2.16. The lowest BCUT2D eigenvalue weighted by Gasteiger charge is -2.14. The first kappa shape index (κ1) is 26.4. The van der Waals surface area contributed by atoms with Crippen molar-refractivity contribution in [2.45, 2.75) is 12.8 Å². The average Bonchev–Trinajstić information content (AvgIpc) is 2.96. The number of rotatable bonds is 11. The number of benzene rings is 3. The second-order valence-electron chi connectivity index (χ2n) is 8.36. The predicted octanol–water partition coefficient (Wildman–Crippen LogP) is 5.60. The van der Waals surface area contributed by atoms with Gasteiger partial charge < -0.3 is 24.1 Å². The molecule has 194 valence electrons. The quantitative estimate of drug-likeness (QED) is 0.203. The van der Waals surface area contributed by atoms with E-state index >= 15 is 0 Å². The van der Waals surface area contributed by atoms with Gasteiger partial charge in [0, 0.05) is 12.0 Å². The van der Waals surface area contributed by atoms with Gasteiger partial charge in [-0.15, -0.1) is 0 Å². The molecule has 1 N–H and O–H groups in total. The second-order valence-corrected chi connectivity index (χ2v) is 8.36. The summed E-state index contributed by atoms with van der Waals surface area (Å²) >= 11 is 0. The fraction of sp³-hybridized carbons (Fsp3) is 0.161. The molecule has 0 radical (unpaired) electrons.